The van der Waals surface area contributed by atoms with Crippen LogP contribution in [-0.2, 0) is 16.1 Å². The lowest BCUT2D eigenvalue weighted by Crippen LogP contribution is -2.47. The van der Waals surface area contributed by atoms with Gasteiger partial charge >= 0.3 is 11.9 Å². The van der Waals surface area contributed by atoms with Crippen molar-refractivity contribution < 1.29 is 42.8 Å². The van der Waals surface area contributed by atoms with Gasteiger partial charge in [-0.15, -0.1) is 0 Å². The largest absolute Gasteiger partial charge is 0.493 e. The molecule has 1 saturated heterocycles. The normalized spacial score (nSPS) is 13.9. The highest BCUT2D eigenvalue weighted by Crippen LogP contribution is 2.40. The van der Waals surface area contributed by atoms with Crippen LogP contribution in [0.4, 0.5) is 8.78 Å². The second-order valence-corrected chi connectivity index (χ2v) is 9.32. The molecule has 0 spiro atoms. The number of carboxylic acids is 2. The molecule has 3 aromatic carbocycles. The molecule has 1 fully saturated rings. The van der Waals surface area contributed by atoms with Gasteiger partial charge in [-0.05, 0) is 41.5 Å². The summed E-state index contributed by atoms with van der Waals surface area (Å²) in [6.07, 6.45) is 1.12. The molecule has 42 heavy (non-hydrogen) atoms. The summed E-state index contributed by atoms with van der Waals surface area (Å²) >= 11 is 0. The summed E-state index contributed by atoms with van der Waals surface area (Å²) in [7, 11) is 4.84. The van der Waals surface area contributed by atoms with Crippen LogP contribution in [0.15, 0.2) is 72.8 Å². The van der Waals surface area contributed by atoms with E-state index in [4.69, 9.17) is 24.4 Å². The van der Waals surface area contributed by atoms with Crippen LogP contribution in [0, 0.1) is 11.6 Å². The molecule has 0 atom stereocenters. The van der Waals surface area contributed by atoms with Crippen LogP contribution in [0.2, 0.25) is 0 Å². The minimum atomic E-state index is -1.26. The van der Waals surface area contributed by atoms with Crippen molar-refractivity contribution in [3.8, 4) is 17.2 Å². The highest BCUT2D eigenvalue weighted by molar-refractivity contribution is 5.89. The molecule has 0 bridgehead atoms. The van der Waals surface area contributed by atoms with Crippen molar-refractivity contribution >= 4 is 11.9 Å². The molecule has 224 valence electrons. The average molecular weight is 585 g/mol. The Kier molecular flexibility index (Phi) is 11.8. The van der Waals surface area contributed by atoms with E-state index in [2.05, 4.69) is 9.80 Å². The second-order valence-electron chi connectivity index (χ2n) is 9.32. The Morgan fingerprint density at radius 3 is 1.62 bits per heavy atom. The molecule has 0 radical (unpaired) electrons. The first-order valence-electron chi connectivity index (χ1n) is 13.1. The van der Waals surface area contributed by atoms with E-state index in [0.29, 0.717) is 29.4 Å². The molecular weight excluding hydrogens is 550 g/mol. The maximum atomic E-state index is 13.6. The van der Waals surface area contributed by atoms with Gasteiger partial charge in [-0.2, -0.15) is 0 Å². The summed E-state index contributed by atoms with van der Waals surface area (Å²) in [6, 6.07) is 17.0. The monoisotopic (exact) mass is 584 g/mol. The van der Waals surface area contributed by atoms with Gasteiger partial charge < -0.3 is 24.4 Å². The number of piperazine rings is 1. The Morgan fingerprint density at radius 2 is 1.21 bits per heavy atom. The molecule has 0 saturated carbocycles. The number of carbonyl (C=O) groups is 2. The van der Waals surface area contributed by atoms with Gasteiger partial charge in [-0.3, -0.25) is 9.80 Å². The predicted molar refractivity (Wildman–Crippen MR) is 152 cm³/mol. The van der Waals surface area contributed by atoms with Gasteiger partial charge in [0.1, 0.15) is 11.6 Å². The van der Waals surface area contributed by atoms with E-state index in [0.717, 1.165) is 49.4 Å². The highest BCUT2D eigenvalue weighted by Gasteiger charge is 2.27. The van der Waals surface area contributed by atoms with Crippen LogP contribution in [-0.4, -0.2) is 79.5 Å². The van der Waals surface area contributed by atoms with Gasteiger partial charge in [-0.1, -0.05) is 30.3 Å². The van der Waals surface area contributed by atoms with E-state index in [1.54, 1.807) is 21.3 Å². The lowest BCUT2D eigenvalue weighted by molar-refractivity contribution is -0.134. The van der Waals surface area contributed by atoms with Crippen LogP contribution < -0.4 is 14.2 Å². The van der Waals surface area contributed by atoms with Crippen molar-refractivity contribution in [1.82, 2.24) is 9.80 Å². The zero-order valence-electron chi connectivity index (χ0n) is 23.6. The molecule has 2 N–H and O–H groups in total. The first-order valence-corrected chi connectivity index (χ1v) is 13.1. The molecule has 0 unspecified atom stereocenters. The Morgan fingerprint density at radius 1 is 0.738 bits per heavy atom. The van der Waals surface area contributed by atoms with Crippen LogP contribution in [0.1, 0.15) is 22.7 Å². The van der Waals surface area contributed by atoms with Crippen LogP contribution in [0.3, 0.4) is 0 Å². The van der Waals surface area contributed by atoms with Crippen molar-refractivity contribution in [2.45, 2.75) is 12.6 Å². The number of aliphatic carboxylic acids is 2. The number of hydrogen-bond acceptors (Lipinski definition) is 7. The molecule has 0 aromatic heterocycles. The summed E-state index contributed by atoms with van der Waals surface area (Å²) in [5, 5.41) is 15.6. The number of ether oxygens (including phenoxy) is 3. The Bertz CT molecular complexity index is 1300. The number of rotatable bonds is 10. The van der Waals surface area contributed by atoms with Crippen molar-refractivity contribution in [3.63, 3.8) is 0 Å². The average Bonchev–Trinajstić information content (AvgIpc) is 2.99. The SMILES string of the molecule is COc1ccc(CN2CCN(C(c3ccc(F)cc3)c3ccc(F)cc3)CC2)c(OC)c1OC.O=C(O)/C=C/C(=O)O. The molecule has 1 heterocycles. The van der Waals surface area contributed by atoms with Crippen LogP contribution >= 0.6 is 0 Å². The third-order valence-electron chi connectivity index (χ3n) is 6.69. The van der Waals surface area contributed by atoms with Gasteiger partial charge in [-0.25, -0.2) is 18.4 Å². The summed E-state index contributed by atoms with van der Waals surface area (Å²) in [6.45, 7) is 4.03. The van der Waals surface area contributed by atoms with Crippen molar-refractivity contribution in [2.24, 2.45) is 0 Å². The minimum Gasteiger partial charge on any atom is -0.493 e. The molecule has 0 aliphatic carbocycles. The van der Waals surface area contributed by atoms with E-state index in [1.807, 2.05) is 36.4 Å². The fourth-order valence-corrected chi connectivity index (χ4v) is 4.76. The minimum absolute atomic E-state index is 0.0704. The molecule has 1 aliphatic rings. The van der Waals surface area contributed by atoms with Crippen LogP contribution in [0.25, 0.3) is 0 Å². The fraction of sp³-hybridized carbons (Fsp3) is 0.290. The molecule has 0 amide bonds. The highest BCUT2D eigenvalue weighted by atomic mass is 19.1. The molecule has 11 heteroatoms. The summed E-state index contributed by atoms with van der Waals surface area (Å²) < 4.78 is 43.7. The Hall–Kier alpha value is -4.48. The third-order valence-corrected chi connectivity index (χ3v) is 6.69. The number of benzene rings is 3. The summed E-state index contributed by atoms with van der Waals surface area (Å²) in [5.41, 5.74) is 3.01. The summed E-state index contributed by atoms with van der Waals surface area (Å²) in [5.74, 6) is -1.15. The first-order chi connectivity index (χ1) is 20.2. The third kappa shape index (κ3) is 8.76. The van der Waals surface area contributed by atoms with Gasteiger partial charge in [0.15, 0.2) is 11.5 Å². The maximum absolute atomic E-state index is 13.6. The molecular formula is C31H34F2N2O7. The van der Waals surface area contributed by atoms with E-state index in [1.165, 1.54) is 24.3 Å². The maximum Gasteiger partial charge on any atom is 0.328 e. The number of halogens is 2. The zero-order valence-corrected chi connectivity index (χ0v) is 23.6. The number of methoxy groups -OCH3 is 3. The second kappa shape index (κ2) is 15.5. The van der Waals surface area contributed by atoms with E-state index < -0.39 is 11.9 Å². The standard InChI is InChI=1S/C27H30F2N2O3.C4H4O4/c1-32-24-13-8-21(26(33-2)27(24)34-3)18-30-14-16-31(17-15-30)25(19-4-9-22(28)10-5-19)20-6-11-23(29)12-7-20;5-3(6)1-2-4(7)8/h4-13,25H,14-18H2,1-3H3;1-2H,(H,5,6)(H,7,8)/b;2-1+. The Balaban J connectivity index is 0.000000531. The molecule has 3 aromatic rings. The smallest absolute Gasteiger partial charge is 0.328 e. The quantitative estimate of drug-likeness (QED) is 0.330. The number of carboxylic acid groups (broad SMARTS) is 2. The van der Waals surface area contributed by atoms with E-state index in [9.17, 15) is 18.4 Å². The lowest BCUT2D eigenvalue weighted by atomic mass is 9.96. The number of hydrogen-bond donors (Lipinski definition) is 2. The number of nitrogens with zero attached hydrogens (tertiary/aromatic N) is 2. The summed E-state index contributed by atoms with van der Waals surface area (Å²) in [4.78, 5) is 23.8. The van der Waals surface area contributed by atoms with E-state index >= 15 is 0 Å². The Labute approximate surface area is 243 Å². The lowest BCUT2D eigenvalue weighted by Gasteiger charge is -2.40. The predicted octanol–water partition coefficient (Wildman–Crippen LogP) is 4.61. The van der Waals surface area contributed by atoms with Gasteiger partial charge in [0.25, 0.3) is 0 Å². The first kappa shape index (κ1) is 32.0. The molecule has 9 nitrogen and oxygen atoms in total. The van der Waals surface area contributed by atoms with Crippen molar-refractivity contribution in [1.29, 1.82) is 0 Å². The van der Waals surface area contributed by atoms with Crippen LogP contribution in [0.5, 0.6) is 17.2 Å². The molecule has 1 aliphatic heterocycles. The van der Waals surface area contributed by atoms with Crippen molar-refractivity contribution in [2.75, 3.05) is 47.5 Å². The van der Waals surface area contributed by atoms with Crippen molar-refractivity contribution in [3.05, 3.63) is 101 Å². The van der Waals surface area contributed by atoms with E-state index in [-0.39, 0.29) is 17.7 Å². The molecule has 4 rings (SSSR count). The van der Waals surface area contributed by atoms with Gasteiger partial charge in [0, 0.05) is 50.4 Å². The zero-order chi connectivity index (χ0) is 30.6. The van der Waals surface area contributed by atoms with Gasteiger partial charge in [0.05, 0.1) is 27.4 Å². The van der Waals surface area contributed by atoms with Gasteiger partial charge in [0.2, 0.25) is 5.75 Å². The topological polar surface area (TPSA) is 109 Å². The fourth-order valence-electron chi connectivity index (χ4n) is 4.76.